The van der Waals surface area contributed by atoms with Crippen LogP contribution in [0.5, 0.6) is 0 Å². The monoisotopic (exact) mass is 197 g/mol. The highest BCUT2D eigenvalue weighted by Gasteiger charge is 2.50. The van der Waals surface area contributed by atoms with Crippen LogP contribution in [-0.4, -0.2) is 22.8 Å². The second kappa shape index (κ2) is 2.73. The minimum absolute atomic E-state index is 0.0188. The van der Waals surface area contributed by atoms with Gasteiger partial charge in [-0.05, 0) is 53.9 Å². The third-order valence-electron chi connectivity index (χ3n) is 3.60. The van der Waals surface area contributed by atoms with E-state index >= 15 is 0 Å². The highest BCUT2D eigenvalue weighted by molar-refractivity contribution is 5.06. The third kappa shape index (κ3) is 1.96. The number of hydrogen-bond acceptors (Lipinski definition) is 2. The molecule has 2 rings (SSSR count). The maximum absolute atomic E-state index is 6.06. The van der Waals surface area contributed by atoms with E-state index < -0.39 is 0 Å². The fraction of sp³-hybridized carbons (Fsp3) is 1.00. The lowest BCUT2D eigenvalue weighted by atomic mass is 9.93. The summed E-state index contributed by atoms with van der Waals surface area (Å²) in [6, 6.07) is 0.505. The topological polar surface area (TPSA) is 21.3 Å². The van der Waals surface area contributed by atoms with Crippen LogP contribution >= 0.6 is 0 Å². The normalized spacial score (nSPS) is 37.1. The lowest BCUT2D eigenvalue weighted by Crippen LogP contribution is -2.48. The van der Waals surface area contributed by atoms with Gasteiger partial charge < -0.3 is 10.1 Å². The summed E-state index contributed by atoms with van der Waals surface area (Å²) in [5.74, 6) is 0. The molecule has 2 aliphatic rings. The van der Waals surface area contributed by atoms with Crippen molar-refractivity contribution in [1.29, 1.82) is 0 Å². The number of hydrogen-bond donors (Lipinski definition) is 1. The average molecular weight is 197 g/mol. The molecule has 2 fully saturated rings. The van der Waals surface area contributed by atoms with Crippen molar-refractivity contribution in [2.75, 3.05) is 0 Å². The molecule has 0 aromatic heterocycles. The standard InChI is InChI=1S/C12H23NO/c1-10(2)8-9(11(3,4)14-10)13-12(5)6-7-12/h9,13H,6-8H2,1-5H3. The van der Waals surface area contributed by atoms with Crippen molar-refractivity contribution in [2.45, 2.75) is 76.7 Å². The van der Waals surface area contributed by atoms with Crippen LogP contribution in [0.4, 0.5) is 0 Å². The average Bonchev–Trinajstić information content (AvgIpc) is 2.58. The largest absolute Gasteiger partial charge is 0.368 e. The molecule has 0 aromatic rings. The van der Waals surface area contributed by atoms with Gasteiger partial charge in [0.05, 0.1) is 11.2 Å². The van der Waals surface area contributed by atoms with Gasteiger partial charge in [-0.1, -0.05) is 0 Å². The number of rotatable bonds is 2. The van der Waals surface area contributed by atoms with E-state index in [4.69, 9.17) is 4.74 Å². The summed E-state index contributed by atoms with van der Waals surface area (Å²) in [6.45, 7) is 11.1. The molecule has 2 nitrogen and oxygen atoms in total. The number of ether oxygens (including phenoxy) is 1. The van der Waals surface area contributed by atoms with Crippen LogP contribution in [0.15, 0.2) is 0 Å². The summed E-state index contributed by atoms with van der Waals surface area (Å²) in [5, 5.41) is 3.75. The van der Waals surface area contributed by atoms with Gasteiger partial charge in [0.25, 0.3) is 0 Å². The molecule has 82 valence electrons. The molecule has 0 amide bonds. The molecule has 2 heteroatoms. The predicted octanol–water partition coefficient (Wildman–Crippen LogP) is 2.47. The first kappa shape index (κ1) is 10.4. The van der Waals surface area contributed by atoms with Crippen molar-refractivity contribution in [1.82, 2.24) is 5.32 Å². The van der Waals surface area contributed by atoms with Crippen molar-refractivity contribution in [3.63, 3.8) is 0 Å². The highest BCUT2D eigenvalue weighted by Crippen LogP contribution is 2.42. The summed E-state index contributed by atoms with van der Waals surface area (Å²) < 4.78 is 6.06. The van der Waals surface area contributed by atoms with Crippen molar-refractivity contribution in [2.24, 2.45) is 0 Å². The van der Waals surface area contributed by atoms with Crippen LogP contribution in [0, 0.1) is 0 Å². The fourth-order valence-corrected chi connectivity index (χ4v) is 2.54. The smallest absolute Gasteiger partial charge is 0.0787 e. The Kier molecular flexibility index (Phi) is 2.04. The van der Waals surface area contributed by atoms with Crippen molar-refractivity contribution >= 4 is 0 Å². The molecule has 0 spiro atoms. The first-order valence-electron chi connectivity index (χ1n) is 5.70. The van der Waals surface area contributed by atoms with Crippen LogP contribution in [-0.2, 0) is 4.74 Å². The van der Waals surface area contributed by atoms with E-state index in [9.17, 15) is 0 Å². The third-order valence-corrected chi connectivity index (χ3v) is 3.60. The lowest BCUT2D eigenvalue weighted by molar-refractivity contribution is -0.0706. The Morgan fingerprint density at radius 2 is 1.64 bits per heavy atom. The second-order valence-electron chi connectivity index (χ2n) is 6.43. The summed E-state index contributed by atoms with van der Waals surface area (Å²) in [4.78, 5) is 0. The van der Waals surface area contributed by atoms with Gasteiger partial charge in [0.1, 0.15) is 0 Å². The van der Waals surface area contributed by atoms with Gasteiger partial charge in [-0.15, -0.1) is 0 Å². The van der Waals surface area contributed by atoms with E-state index in [2.05, 4.69) is 39.9 Å². The zero-order valence-electron chi connectivity index (χ0n) is 10.1. The van der Waals surface area contributed by atoms with E-state index in [1.54, 1.807) is 0 Å². The molecule has 1 aliphatic heterocycles. The maximum Gasteiger partial charge on any atom is 0.0787 e. The fourth-order valence-electron chi connectivity index (χ4n) is 2.54. The van der Waals surface area contributed by atoms with Crippen LogP contribution in [0.2, 0.25) is 0 Å². The minimum Gasteiger partial charge on any atom is -0.368 e. The van der Waals surface area contributed by atoms with E-state index in [0.29, 0.717) is 11.6 Å². The van der Waals surface area contributed by atoms with Gasteiger partial charge in [-0.25, -0.2) is 0 Å². The Bertz CT molecular complexity index is 241. The molecule has 0 aromatic carbocycles. The Morgan fingerprint density at radius 1 is 1.07 bits per heavy atom. The molecule has 14 heavy (non-hydrogen) atoms. The van der Waals surface area contributed by atoms with Crippen molar-refractivity contribution < 1.29 is 4.74 Å². The van der Waals surface area contributed by atoms with Crippen LogP contribution < -0.4 is 5.32 Å². The van der Waals surface area contributed by atoms with Crippen molar-refractivity contribution in [3.8, 4) is 0 Å². The van der Waals surface area contributed by atoms with E-state index in [1.807, 2.05) is 0 Å². The molecule has 0 radical (unpaired) electrons. The summed E-state index contributed by atoms with van der Waals surface area (Å²) in [7, 11) is 0. The van der Waals surface area contributed by atoms with Gasteiger partial charge >= 0.3 is 0 Å². The highest BCUT2D eigenvalue weighted by atomic mass is 16.5. The first-order valence-corrected chi connectivity index (χ1v) is 5.70. The zero-order chi connectivity index (χ0) is 10.6. The molecule has 1 unspecified atom stereocenters. The predicted molar refractivity (Wildman–Crippen MR) is 58.4 cm³/mol. The molecular weight excluding hydrogens is 174 g/mol. The quantitative estimate of drug-likeness (QED) is 0.734. The second-order valence-corrected chi connectivity index (χ2v) is 6.43. The molecule has 1 saturated carbocycles. The van der Waals surface area contributed by atoms with Crippen LogP contribution in [0.3, 0.4) is 0 Å². The Morgan fingerprint density at radius 3 is 2.00 bits per heavy atom. The first-order chi connectivity index (χ1) is 6.23. The summed E-state index contributed by atoms with van der Waals surface area (Å²) in [6.07, 6.45) is 3.76. The Balaban J connectivity index is 2.04. The van der Waals surface area contributed by atoms with E-state index in [-0.39, 0.29) is 11.2 Å². The minimum atomic E-state index is -0.0188. The van der Waals surface area contributed by atoms with Crippen LogP contribution in [0.1, 0.15) is 53.9 Å². The maximum atomic E-state index is 6.06. The lowest BCUT2D eigenvalue weighted by Gasteiger charge is -2.30. The molecule has 0 bridgehead atoms. The van der Waals surface area contributed by atoms with Crippen molar-refractivity contribution in [3.05, 3.63) is 0 Å². The molecule has 1 N–H and O–H groups in total. The van der Waals surface area contributed by atoms with Gasteiger partial charge in [-0.2, -0.15) is 0 Å². The van der Waals surface area contributed by atoms with Gasteiger partial charge in [0.2, 0.25) is 0 Å². The van der Waals surface area contributed by atoms with Gasteiger partial charge in [0, 0.05) is 11.6 Å². The summed E-state index contributed by atoms with van der Waals surface area (Å²) >= 11 is 0. The summed E-state index contributed by atoms with van der Waals surface area (Å²) in [5.41, 5.74) is 0.424. The number of nitrogens with one attached hydrogen (secondary N) is 1. The Hall–Kier alpha value is -0.0800. The van der Waals surface area contributed by atoms with Gasteiger partial charge in [-0.3, -0.25) is 0 Å². The molecule has 1 atom stereocenters. The molecule has 1 aliphatic carbocycles. The van der Waals surface area contributed by atoms with Crippen LogP contribution in [0.25, 0.3) is 0 Å². The Labute approximate surface area is 87.4 Å². The molecular formula is C12H23NO. The van der Waals surface area contributed by atoms with E-state index in [0.717, 1.165) is 6.42 Å². The van der Waals surface area contributed by atoms with Gasteiger partial charge in [0.15, 0.2) is 0 Å². The van der Waals surface area contributed by atoms with E-state index in [1.165, 1.54) is 12.8 Å². The zero-order valence-corrected chi connectivity index (χ0v) is 10.1. The SMILES string of the molecule is CC1(NC2CC(C)(C)OC2(C)C)CC1. The molecule has 1 saturated heterocycles. The molecule has 1 heterocycles.